The second-order valence-corrected chi connectivity index (χ2v) is 2.77. The molecule has 0 aromatic rings. The number of hydrogen-bond acceptors (Lipinski definition) is 2. The predicted molar refractivity (Wildman–Crippen MR) is 49.0 cm³/mol. The highest BCUT2D eigenvalue weighted by atomic mass is 19.4. The minimum atomic E-state index is -4.31. The molecule has 0 saturated heterocycles. The summed E-state index contributed by atoms with van der Waals surface area (Å²) in [6.45, 7) is 2.50. The summed E-state index contributed by atoms with van der Waals surface area (Å²) in [5.41, 5.74) is -0.693. The van der Waals surface area contributed by atoms with Gasteiger partial charge in [0.2, 0.25) is 0 Å². The number of rotatable bonds is 2. The van der Waals surface area contributed by atoms with Crippen LogP contribution >= 0.6 is 0 Å². The van der Waals surface area contributed by atoms with E-state index in [9.17, 15) is 13.2 Å². The van der Waals surface area contributed by atoms with Crippen molar-refractivity contribution in [1.29, 1.82) is 0 Å². The van der Waals surface area contributed by atoms with Crippen LogP contribution in [-0.4, -0.2) is 18.9 Å². The van der Waals surface area contributed by atoms with Gasteiger partial charge in [-0.3, -0.25) is 0 Å². The van der Waals surface area contributed by atoms with Gasteiger partial charge in [-0.1, -0.05) is 6.08 Å². The van der Waals surface area contributed by atoms with E-state index in [2.05, 4.69) is 10.3 Å². The molecule has 0 aliphatic carbocycles. The molecule has 0 fully saturated rings. The molecule has 78 valence electrons. The molecule has 0 unspecified atom stereocenters. The highest BCUT2D eigenvalue weighted by Crippen LogP contribution is 2.25. The molecule has 1 aliphatic rings. The van der Waals surface area contributed by atoms with E-state index in [0.29, 0.717) is 12.4 Å². The Hall–Kier alpha value is -1.26. The van der Waals surface area contributed by atoms with Gasteiger partial charge in [0.05, 0.1) is 5.57 Å². The van der Waals surface area contributed by atoms with Gasteiger partial charge in [0.1, 0.15) is 5.82 Å². The molecule has 0 aromatic carbocycles. The standard InChI is InChI=1S/C9H11F3N2/c1-2-13-8-5-3-4-7(6-14-8)9(10,11)12/h4-6,13H,2-3H2,1H3. The third kappa shape index (κ3) is 2.90. The number of nitrogens with one attached hydrogen (secondary N) is 1. The maximum Gasteiger partial charge on any atom is 0.417 e. The van der Waals surface area contributed by atoms with Crippen molar-refractivity contribution in [3.63, 3.8) is 0 Å². The van der Waals surface area contributed by atoms with Gasteiger partial charge in [0, 0.05) is 12.8 Å². The average Bonchev–Trinajstić information content (AvgIpc) is 2.29. The molecule has 1 rings (SSSR count). The first-order valence-electron chi connectivity index (χ1n) is 4.29. The number of allylic oxidation sites excluding steroid dienone is 3. The quantitative estimate of drug-likeness (QED) is 0.733. The topological polar surface area (TPSA) is 24.4 Å². The Labute approximate surface area is 80.2 Å². The first-order valence-corrected chi connectivity index (χ1v) is 4.29. The summed E-state index contributed by atoms with van der Waals surface area (Å²) in [6.07, 6.45) is -0.468. The smallest absolute Gasteiger partial charge is 0.371 e. The molecule has 1 N–H and O–H groups in total. The second-order valence-electron chi connectivity index (χ2n) is 2.77. The van der Waals surface area contributed by atoms with Crippen molar-refractivity contribution in [2.45, 2.75) is 19.5 Å². The van der Waals surface area contributed by atoms with Crippen molar-refractivity contribution in [3.8, 4) is 0 Å². The molecule has 1 aliphatic heterocycles. The molecule has 0 bridgehead atoms. The van der Waals surface area contributed by atoms with Crippen molar-refractivity contribution < 1.29 is 13.2 Å². The first kappa shape index (κ1) is 10.8. The van der Waals surface area contributed by atoms with Crippen LogP contribution in [0.3, 0.4) is 0 Å². The van der Waals surface area contributed by atoms with Crippen LogP contribution in [0.15, 0.2) is 28.5 Å². The number of alkyl halides is 3. The third-order valence-corrected chi connectivity index (χ3v) is 1.68. The monoisotopic (exact) mass is 204 g/mol. The Morgan fingerprint density at radius 1 is 1.43 bits per heavy atom. The molecule has 0 saturated carbocycles. The SMILES string of the molecule is CCNC1=CCC=C(C(F)(F)F)C=N1. The van der Waals surface area contributed by atoms with E-state index < -0.39 is 11.7 Å². The van der Waals surface area contributed by atoms with Gasteiger partial charge in [-0.05, 0) is 19.4 Å². The summed E-state index contributed by atoms with van der Waals surface area (Å²) in [6, 6.07) is 0. The Morgan fingerprint density at radius 2 is 2.14 bits per heavy atom. The Balaban J connectivity index is 2.73. The van der Waals surface area contributed by atoms with Gasteiger partial charge in [-0.2, -0.15) is 13.2 Å². The van der Waals surface area contributed by atoms with Gasteiger partial charge in [0.15, 0.2) is 0 Å². The van der Waals surface area contributed by atoms with E-state index in [1.54, 1.807) is 6.08 Å². The molecular formula is C9H11F3N2. The summed E-state index contributed by atoms with van der Waals surface area (Å²) in [5, 5.41) is 2.86. The normalized spacial score (nSPS) is 17.1. The first-order chi connectivity index (χ1) is 6.54. The molecule has 0 amide bonds. The van der Waals surface area contributed by atoms with E-state index in [4.69, 9.17) is 0 Å². The van der Waals surface area contributed by atoms with Gasteiger partial charge >= 0.3 is 6.18 Å². The lowest BCUT2D eigenvalue weighted by Crippen LogP contribution is -2.13. The van der Waals surface area contributed by atoms with Crippen molar-refractivity contribution >= 4 is 6.21 Å². The second kappa shape index (κ2) is 4.30. The zero-order valence-electron chi connectivity index (χ0n) is 7.73. The molecule has 2 nitrogen and oxygen atoms in total. The number of halogens is 3. The largest absolute Gasteiger partial charge is 0.417 e. The molecular weight excluding hydrogens is 193 g/mol. The minimum Gasteiger partial charge on any atom is -0.371 e. The van der Waals surface area contributed by atoms with Gasteiger partial charge < -0.3 is 5.32 Å². The van der Waals surface area contributed by atoms with E-state index in [1.807, 2.05) is 6.92 Å². The van der Waals surface area contributed by atoms with Gasteiger partial charge in [-0.15, -0.1) is 0 Å². The Morgan fingerprint density at radius 3 is 2.71 bits per heavy atom. The zero-order chi connectivity index (χ0) is 10.6. The van der Waals surface area contributed by atoms with Crippen LogP contribution in [0.4, 0.5) is 13.2 Å². The minimum absolute atomic E-state index is 0.247. The third-order valence-electron chi connectivity index (χ3n) is 1.68. The highest BCUT2D eigenvalue weighted by Gasteiger charge is 2.32. The summed E-state index contributed by atoms with van der Waals surface area (Å²) < 4.78 is 36.7. The van der Waals surface area contributed by atoms with Crippen LogP contribution in [-0.2, 0) is 0 Å². The maximum atomic E-state index is 12.2. The van der Waals surface area contributed by atoms with Crippen LogP contribution in [0, 0.1) is 0 Å². The van der Waals surface area contributed by atoms with Crippen LogP contribution in [0.5, 0.6) is 0 Å². The lowest BCUT2D eigenvalue weighted by molar-refractivity contribution is -0.0857. The lowest BCUT2D eigenvalue weighted by atomic mass is 10.2. The van der Waals surface area contributed by atoms with Gasteiger partial charge in [-0.25, -0.2) is 4.99 Å². The van der Waals surface area contributed by atoms with E-state index in [-0.39, 0.29) is 6.42 Å². The van der Waals surface area contributed by atoms with Crippen molar-refractivity contribution in [2.24, 2.45) is 4.99 Å². The van der Waals surface area contributed by atoms with Crippen molar-refractivity contribution in [1.82, 2.24) is 5.32 Å². The van der Waals surface area contributed by atoms with Crippen LogP contribution in [0.25, 0.3) is 0 Å². The molecule has 5 heteroatoms. The molecule has 0 aromatic heterocycles. The van der Waals surface area contributed by atoms with E-state index >= 15 is 0 Å². The molecule has 0 atom stereocenters. The van der Waals surface area contributed by atoms with E-state index in [0.717, 1.165) is 12.3 Å². The molecule has 0 radical (unpaired) electrons. The fourth-order valence-electron chi connectivity index (χ4n) is 1.03. The highest BCUT2D eigenvalue weighted by molar-refractivity contribution is 5.81. The molecule has 1 heterocycles. The number of nitrogens with zero attached hydrogens (tertiary/aromatic N) is 1. The van der Waals surface area contributed by atoms with Crippen LogP contribution in [0.2, 0.25) is 0 Å². The predicted octanol–water partition coefficient (Wildman–Crippen LogP) is 2.40. The molecule has 0 spiro atoms. The zero-order valence-corrected chi connectivity index (χ0v) is 7.73. The fourth-order valence-corrected chi connectivity index (χ4v) is 1.03. The Kier molecular flexibility index (Phi) is 3.33. The maximum absolute atomic E-state index is 12.2. The van der Waals surface area contributed by atoms with E-state index in [1.165, 1.54) is 0 Å². The lowest BCUT2D eigenvalue weighted by Gasteiger charge is -2.05. The molecule has 14 heavy (non-hydrogen) atoms. The summed E-state index contributed by atoms with van der Waals surface area (Å²) >= 11 is 0. The summed E-state index contributed by atoms with van der Waals surface area (Å²) in [4.78, 5) is 3.70. The Bertz CT molecular complexity index is 287. The number of hydrogen-bond donors (Lipinski definition) is 1. The average molecular weight is 204 g/mol. The summed E-state index contributed by atoms with van der Waals surface area (Å²) in [5.74, 6) is 0.489. The fraction of sp³-hybridized carbons (Fsp3) is 0.444. The van der Waals surface area contributed by atoms with Gasteiger partial charge in [0.25, 0.3) is 0 Å². The number of aliphatic imine (C=N–C) groups is 1. The van der Waals surface area contributed by atoms with Crippen LogP contribution < -0.4 is 5.32 Å². The van der Waals surface area contributed by atoms with Crippen molar-refractivity contribution in [2.75, 3.05) is 6.54 Å². The van der Waals surface area contributed by atoms with Crippen LogP contribution in [0.1, 0.15) is 13.3 Å². The van der Waals surface area contributed by atoms with Crippen molar-refractivity contribution in [3.05, 3.63) is 23.5 Å². The summed E-state index contributed by atoms with van der Waals surface area (Å²) in [7, 11) is 0.